The first-order valence-corrected chi connectivity index (χ1v) is 18.3. The Kier molecular flexibility index (Phi) is 25.1. The molecule has 0 aliphatic rings. The van der Waals surface area contributed by atoms with Gasteiger partial charge in [0.15, 0.2) is 29.9 Å². The Bertz CT molecular complexity index is 1390. The van der Waals surface area contributed by atoms with Crippen molar-refractivity contribution in [1.29, 1.82) is 0 Å². The summed E-state index contributed by atoms with van der Waals surface area (Å²) in [7, 11) is 0. The minimum Gasteiger partial charge on any atom is -0.370 e. The normalized spacial score (nSPS) is 15.8. The summed E-state index contributed by atoms with van der Waals surface area (Å²) in [4.78, 5) is 129. The summed E-state index contributed by atoms with van der Waals surface area (Å²) in [6.45, 7) is 7.56. The lowest BCUT2D eigenvalue weighted by atomic mass is 10.00. The molecule has 0 saturated heterocycles. The molecule has 0 aromatic heterocycles. The van der Waals surface area contributed by atoms with Crippen molar-refractivity contribution in [2.45, 2.75) is 128 Å². The van der Waals surface area contributed by atoms with Crippen molar-refractivity contribution in [3.8, 4) is 0 Å². The number of ketones is 3. The Balaban J connectivity index is 6.59. The Morgan fingerprint density at radius 2 is 1.23 bits per heavy atom. The molecule has 0 bridgehead atoms. The predicted octanol–water partition coefficient (Wildman–Crippen LogP) is -5.02. The Hall–Kier alpha value is -5.03. The van der Waals surface area contributed by atoms with Crippen LogP contribution < -0.4 is 60.2 Å². The zero-order valence-corrected chi connectivity index (χ0v) is 32.6. The van der Waals surface area contributed by atoms with E-state index in [4.69, 9.17) is 22.9 Å². The smallest absolute Gasteiger partial charge is 0.259 e. The maximum absolute atomic E-state index is 13.9. The molecule has 22 heteroatoms. The van der Waals surface area contributed by atoms with Gasteiger partial charge >= 0.3 is 0 Å². The number of unbranched alkanes of at least 4 members (excludes halogenated alkanes) is 1. The van der Waals surface area contributed by atoms with Crippen LogP contribution in [0.1, 0.15) is 79.6 Å². The topological polar surface area (TPSA) is 371 Å². The molecule has 0 fully saturated rings. The SMILES string of the molecule is CC[C@@H](C)[C@H](C=O)N[C@@H](NC(=O)[C@@H](C)N[C@@H](CCCCN)C(=O)C(C)=O)C(=O)N[C@H](N[C@@H](C=O)CC(N)=O)C(=O)N[C@H](N[C@@H](C=O)CCCN=C(N)N)C(C)=O. The second-order valence-corrected chi connectivity index (χ2v) is 13.2. The van der Waals surface area contributed by atoms with Crippen LogP contribution in [0.15, 0.2) is 4.99 Å². The van der Waals surface area contributed by atoms with Crippen LogP contribution in [0.2, 0.25) is 0 Å². The van der Waals surface area contributed by atoms with Crippen LogP contribution in [0.25, 0.3) is 0 Å². The van der Waals surface area contributed by atoms with E-state index < -0.39 is 96.1 Å². The Morgan fingerprint density at radius 3 is 1.71 bits per heavy atom. The highest BCUT2D eigenvalue weighted by atomic mass is 16.2. The number of aliphatic imine (C=N–C) groups is 1. The van der Waals surface area contributed by atoms with E-state index in [0.29, 0.717) is 44.8 Å². The maximum Gasteiger partial charge on any atom is 0.259 e. The molecule has 316 valence electrons. The number of carbonyl (C=O) groups excluding carboxylic acids is 10. The van der Waals surface area contributed by atoms with Gasteiger partial charge in [-0.15, -0.1) is 0 Å². The fourth-order valence-electron chi connectivity index (χ4n) is 5.04. The number of rotatable bonds is 32. The number of nitrogens with two attached hydrogens (primary N) is 4. The van der Waals surface area contributed by atoms with Gasteiger partial charge in [0.05, 0.1) is 30.2 Å². The average Bonchev–Trinajstić information content (AvgIpc) is 3.14. The van der Waals surface area contributed by atoms with Gasteiger partial charge in [0, 0.05) is 19.9 Å². The van der Waals surface area contributed by atoms with Crippen LogP contribution in [-0.2, 0) is 47.9 Å². The van der Waals surface area contributed by atoms with Crippen molar-refractivity contribution in [3.63, 3.8) is 0 Å². The molecule has 4 amide bonds. The van der Waals surface area contributed by atoms with Gasteiger partial charge in [0.25, 0.3) is 11.8 Å². The van der Waals surface area contributed by atoms with Crippen LogP contribution >= 0.6 is 0 Å². The minimum absolute atomic E-state index is 0.149. The lowest BCUT2D eigenvalue weighted by Crippen LogP contribution is -2.67. The van der Waals surface area contributed by atoms with Crippen LogP contribution in [0, 0.1) is 5.92 Å². The molecule has 15 N–H and O–H groups in total. The number of hydrogen-bond donors (Lipinski definition) is 11. The van der Waals surface area contributed by atoms with Crippen LogP contribution in [0.3, 0.4) is 0 Å². The lowest BCUT2D eigenvalue weighted by Gasteiger charge is -2.30. The molecule has 0 unspecified atom stereocenters. The molecule has 0 spiro atoms. The fourth-order valence-corrected chi connectivity index (χ4v) is 5.04. The van der Waals surface area contributed by atoms with Crippen molar-refractivity contribution in [3.05, 3.63) is 0 Å². The molecular weight excluding hydrogens is 736 g/mol. The van der Waals surface area contributed by atoms with Crippen LogP contribution in [-0.4, -0.2) is 128 Å². The van der Waals surface area contributed by atoms with Gasteiger partial charge in [0.2, 0.25) is 17.6 Å². The fraction of sp³-hybridized carbons (Fsp3) is 0.676. The van der Waals surface area contributed by atoms with Gasteiger partial charge in [-0.2, -0.15) is 0 Å². The number of nitrogens with one attached hydrogen (secondary N) is 7. The van der Waals surface area contributed by atoms with E-state index in [-0.39, 0.29) is 37.6 Å². The van der Waals surface area contributed by atoms with Gasteiger partial charge in [-0.25, -0.2) is 0 Å². The number of primary amides is 1. The summed E-state index contributed by atoms with van der Waals surface area (Å²) in [5.41, 5.74) is 21.4. The number of Topliss-reactive ketones (excluding diaryl/α,β-unsaturated/α-hetero) is 3. The molecule has 0 aromatic carbocycles. The summed E-state index contributed by atoms with van der Waals surface area (Å²) in [5.74, 6) is -6.76. The summed E-state index contributed by atoms with van der Waals surface area (Å²) in [6.07, 6.45) is -2.37. The van der Waals surface area contributed by atoms with Crippen LogP contribution in [0.5, 0.6) is 0 Å². The van der Waals surface area contributed by atoms with Crippen molar-refractivity contribution < 1.29 is 47.9 Å². The van der Waals surface area contributed by atoms with E-state index in [9.17, 15) is 47.9 Å². The molecule has 0 saturated carbocycles. The molecule has 0 heterocycles. The van der Waals surface area contributed by atoms with Gasteiger partial charge in [-0.1, -0.05) is 26.7 Å². The summed E-state index contributed by atoms with van der Waals surface area (Å²) in [6, 6.07) is -5.65. The number of guanidine groups is 1. The summed E-state index contributed by atoms with van der Waals surface area (Å²) in [5, 5.41) is 17.8. The van der Waals surface area contributed by atoms with Gasteiger partial charge in [-0.3, -0.25) is 59.8 Å². The minimum atomic E-state index is -1.90. The summed E-state index contributed by atoms with van der Waals surface area (Å²) < 4.78 is 0. The third kappa shape index (κ3) is 20.0. The van der Waals surface area contributed by atoms with E-state index in [1.807, 2.05) is 0 Å². The maximum atomic E-state index is 13.9. The first-order valence-electron chi connectivity index (χ1n) is 18.3. The number of amides is 4. The van der Waals surface area contributed by atoms with Gasteiger partial charge < -0.3 is 53.3 Å². The van der Waals surface area contributed by atoms with Crippen molar-refractivity contribution in [2.75, 3.05) is 13.1 Å². The van der Waals surface area contributed by atoms with Crippen LogP contribution in [0.4, 0.5) is 0 Å². The zero-order chi connectivity index (χ0) is 43.0. The van der Waals surface area contributed by atoms with E-state index in [1.54, 1.807) is 13.8 Å². The van der Waals surface area contributed by atoms with Crippen molar-refractivity contribution >= 4 is 65.8 Å². The number of carbonyl (C=O) groups is 10. The quantitative estimate of drug-likeness (QED) is 0.00758. The molecule has 22 nitrogen and oxygen atoms in total. The molecule has 0 aliphatic carbocycles. The monoisotopic (exact) mass is 796 g/mol. The predicted molar refractivity (Wildman–Crippen MR) is 204 cm³/mol. The Labute approximate surface area is 326 Å². The average molecular weight is 797 g/mol. The van der Waals surface area contributed by atoms with E-state index >= 15 is 0 Å². The third-order valence-electron chi connectivity index (χ3n) is 8.49. The first-order chi connectivity index (χ1) is 26.3. The number of nitrogens with zero attached hydrogens (tertiary/aromatic N) is 1. The molecular formula is C34H60N12O10. The molecule has 0 aliphatic heterocycles. The largest absolute Gasteiger partial charge is 0.370 e. The molecule has 56 heavy (non-hydrogen) atoms. The molecule has 0 radical (unpaired) electrons. The lowest BCUT2D eigenvalue weighted by molar-refractivity contribution is -0.137. The standard InChI is InChI=1S/C34H60N12O10/c1-6-18(2)25(17-49)43-30(45-31(54)19(3)40-24(11-7-8-12-35)27(53)20(4)50)33(56)46-29(42-23(16-48)14-26(36)52)32(55)44-28(21(5)51)41-22(15-47)10-9-13-39-34(37)38/h15-19,22-25,28-30,40-43H,6-14,35H2,1-5H3,(H2,36,52)(H,44,55)(H,45,54)(H,46,56)(H4,37,38,39)/t18-,19-,22-,23-,24+,25+,28+,29+,30+/m1/s1. The highest BCUT2D eigenvalue weighted by Crippen LogP contribution is 2.08. The summed E-state index contributed by atoms with van der Waals surface area (Å²) >= 11 is 0. The second kappa shape index (κ2) is 27.5. The van der Waals surface area contributed by atoms with Gasteiger partial charge in [-0.05, 0) is 52.0 Å². The highest BCUT2D eigenvalue weighted by Gasteiger charge is 2.34. The molecule has 0 aromatic rings. The Morgan fingerprint density at radius 1 is 0.679 bits per heavy atom. The molecule has 0 rings (SSSR count). The van der Waals surface area contributed by atoms with Crippen molar-refractivity contribution in [2.24, 2.45) is 33.8 Å². The van der Waals surface area contributed by atoms with Gasteiger partial charge in [0.1, 0.15) is 25.0 Å². The van der Waals surface area contributed by atoms with E-state index in [0.717, 1.165) is 13.8 Å². The number of aldehydes is 3. The zero-order valence-electron chi connectivity index (χ0n) is 32.6. The van der Waals surface area contributed by atoms with Crippen molar-refractivity contribution in [1.82, 2.24) is 37.2 Å². The van der Waals surface area contributed by atoms with E-state index in [1.165, 1.54) is 6.92 Å². The third-order valence-corrected chi connectivity index (χ3v) is 8.49. The number of hydrogen-bond acceptors (Lipinski definition) is 16. The van der Waals surface area contributed by atoms with E-state index in [2.05, 4.69) is 42.2 Å². The molecule has 9 atom stereocenters. The second-order valence-electron chi connectivity index (χ2n) is 13.2. The first kappa shape index (κ1) is 51.0. The highest BCUT2D eigenvalue weighted by molar-refractivity contribution is 6.38.